The van der Waals surface area contributed by atoms with Crippen LogP contribution in [0.15, 0.2) is 30.3 Å². The van der Waals surface area contributed by atoms with Gasteiger partial charge in [-0.25, -0.2) is 4.79 Å². The van der Waals surface area contributed by atoms with Crippen LogP contribution in [-0.2, 0) is 4.79 Å². The molecule has 1 saturated carbocycles. The molecular formula is C22H33N3O3. The van der Waals surface area contributed by atoms with E-state index in [4.69, 9.17) is 0 Å². The van der Waals surface area contributed by atoms with Crippen molar-refractivity contribution in [2.75, 3.05) is 6.54 Å². The molecule has 2 fully saturated rings. The second-order valence-corrected chi connectivity index (χ2v) is 8.73. The Morgan fingerprint density at radius 3 is 2.43 bits per heavy atom. The van der Waals surface area contributed by atoms with Crippen LogP contribution in [0, 0.1) is 5.92 Å². The third-order valence-electron chi connectivity index (χ3n) is 6.02. The molecule has 6 nitrogen and oxygen atoms in total. The molecule has 1 aromatic rings. The fourth-order valence-corrected chi connectivity index (χ4v) is 4.44. The molecular weight excluding hydrogens is 354 g/mol. The van der Waals surface area contributed by atoms with Crippen molar-refractivity contribution >= 4 is 11.9 Å². The lowest BCUT2D eigenvalue weighted by atomic mass is 9.79. The summed E-state index contributed by atoms with van der Waals surface area (Å²) in [6.45, 7) is 6.05. The maximum absolute atomic E-state index is 12.9. The highest BCUT2D eigenvalue weighted by Crippen LogP contribution is 2.37. The number of hydrogen-bond acceptors (Lipinski definition) is 3. The topological polar surface area (TPSA) is 81.7 Å². The van der Waals surface area contributed by atoms with Crippen LogP contribution in [0.5, 0.6) is 0 Å². The van der Waals surface area contributed by atoms with Crippen LogP contribution in [0.4, 0.5) is 4.79 Å². The van der Waals surface area contributed by atoms with Gasteiger partial charge in [-0.1, -0.05) is 43.2 Å². The molecule has 3 atom stereocenters. The number of nitrogens with one attached hydrogen (secondary N) is 2. The summed E-state index contributed by atoms with van der Waals surface area (Å²) in [5.41, 5.74) is -0.179. The lowest BCUT2D eigenvalue weighted by Gasteiger charge is -2.49. The summed E-state index contributed by atoms with van der Waals surface area (Å²) >= 11 is 0. The van der Waals surface area contributed by atoms with E-state index in [2.05, 4.69) is 10.6 Å². The van der Waals surface area contributed by atoms with Crippen molar-refractivity contribution in [1.29, 1.82) is 0 Å². The molecule has 1 saturated heterocycles. The van der Waals surface area contributed by atoms with Crippen molar-refractivity contribution in [3.05, 3.63) is 35.9 Å². The molecule has 2 aliphatic rings. The van der Waals surface area contributed by atoms with Gasteiger partial charge >= 0.3 is 6.03 Å². The summed E-state index contributed by atoms with van der Waals surface area (Å²) in [5, 5.41) is 17.3. The minimum Gasteiger partial charge on any atom is -0.388 e. The summed E-state index contributed by atoms with van der Waals surface area (Å²) in [4.78, 5) is 27.6. The predicted molar refractivity (Wildman–Crippen MR) is 109 cm³/mol. The fraction of sp³-hybridized carbons (Fsp3) is 0.636. The Hall–Kier alpha value is -2.08. The fourth-order valence-electron chi connectivity index (χ4n) is 4.44. The molecule has 3 amide bonds. The zero-order chi connectivity index (χ0) is 20.3. The quantitative estimate of drug-likeness (QED) is 0.743. The van der Waals surface area contributed by atoms with Crippen molar-refractivity contribution in [3.63, 3.8) is 0 Å². The summed E-state index contributed by atoms with van der Waals surface area (Å²) in [6, 6.07) is 8.54. The van der Waals surface area contributed by atoms with E-state index in [-0.39, 0.29) is 23.9 Å². The van der Waals surface area contributed by atoms with E-state index >= 15 is 0 Å². The molecule has 3 unspecified atom stereocenters. The normalized spacial score (nSPS) is 28.4. The third-order valence-corrected chi connectivity index (χ3v) is 6.02. The highest BCUT2D eigenvalue weighted by Gasteiger charge is 2.48. The molecule has 154 valence electrons. The number of benzene rings is 1. The molecule has 3 rings (SSSR count). The van der Waals surface area contributed by atoms with Crippen LogP contribution in [0.3, 0.4) is 0 Å². The number of nitrogens with zero attached hydrogens (tertiary/aromatic N) is 1. The van der Waals surface area contributed by atoms with Crippen LogP contribution < -0.4 is 10.6 Å². The number of rotatable bonds is 4. The molecule has 0 spiro atoms. The average molecular weight is 388 g/mol. The second-order valence-electron chi connectivity index (χ2n) is 8.73. The van der Waals surface area contributed by atoms with E-state index < -0.39 is 17.7 Å². The van der Waals surface area contributed by atoms with Gasteiger partial charge in [-0.15, -0.1) is 0 Å². The SMILES string of the molecule is CC(C)NC(=O)N1CCC(C)(O)C(NC(=O)C2CCCC2)C1c1ccccc1. The number of piperidine rings is 1. The van der Waals surface area contributed by atoms with Gasteiger partial charge < -0.3 is 20.6 Å². The highest BCUT2D eigenvalue weighted by molar-refractivity contribution is 5.80. The van der Waals surface area contributed by atoms with Crippen molar-refractivity contribution in [1.82, 2.24) is 15.5 Å². The first-order valence-electron chi connectivity index (χ1n) is 10.4. The van der Waals surface area contributed by atoms with Crippen LogP contribution in [0.1, 0.15) is 64.5 Å². The zero-order valence-electron chi connectivity index (χ0n) is 17.1. The van der Waals surface area contributed by atoms with E-state index in [0.29, 0.717) is 13.0 Å². The van der Waals surface area contributed by atoms with E-state index in [9.17, 15) is 14.7 Å². The Bertz CT molecular complexity index is 684. The summed E-state index contributed by atoms with van der Waals surface area (Å²) in [6.07, 6.45) is 4.36. The van der Waals surface area contributed by atoms with Gasteiger partial charge in [0.1, 0.15) is 0 Å². The first-order valence-corrected chi connectivity index (χ1v) is 10.4. The van der Waals surface area contributed by atoms with Crippen LogP contribution in [-0.4, -0.2) is 46.2 Å². The van der Waals surface area contributed by atoms with Crippen LogP contribution in [0.2, 0.25) is 0 Å². The van der Waals surface area contributed by atoms with Crippen molar-refractivity contribution < 1.29 is 14.7 Å². The average Bonchev–Trinajstić information content (AvgIpc) is 3.18. The molecule has 0 radical (unpaired) electrons. The molecule has 1 aromatic carbocycles. The molecule has 28 heavy (non-hydrogen) atoms. The summed E-state index contributed by atoms with van der Waals surface area (Å²) < 4.78 is 0. The smallest absolute Gasteiger partial charge is 0.318 e. The van der Waals surface area contributed by atoms with Gasteiger partial charge in [-0.2, -0.15) is 0 Å². The lowest BCUT2D eigenvalue weighted by Crippen LogP contribution is -2.65. The third kappa shape index (κ3) is 4.49. The first kappa shape index (κ1) is 20.6. The largest absolute Gasteiger partial charge is 0.388 e. The molecule has 0 bridgehead atoms. The Balaban J connectivity index is 1.93. The molecule has 0 aromatic heterocycles. The molecule has 1 aliphatic heterocycles. The number of urea groups is 1. The molecule has 1 heterocycles. The van der Waals surface area contributed by atoms with E-state index in [1.54, 1.807) is 11.8 Å². The summed E-state index contributed by atoms with van der Waals surface area (Å²) in [7, 11) is 0. The van der Waals surface area contributed by atoms with Gasteiger partial charge in [0.25, 0.3) is 0 Å². The van der Waals surface area contributed by atoms with Crippen molar-refractivity contribution in [2.45, 2.75) is 76.6 Å². The van der Waals surface area contributed by atoms with Gasteiger partial charge in [0.2, 0.25) is 5.91 Å². The van der Waals surface area contributed by atoms with Crippen molar-refractivity contribution in [2.24, 2.45) is 5.92 Å². The van der Waals surface area contributed by atoms with Gasteiger partial charge in [0, 0.05) is 18.5 Å². The highest BCUT2D eigenvalue weighted by atomic mass is 16.3. The monoisotopic (exact) mass is 387 g/mol. The molecule has 6 heteroatoms. The van der Waals surface area contributed by atoms with Gasteiger partial charge in [0.15, 0.2) is 0 Å². The number of amides is 3. The number of carbonyl (C=O) groups excluding carboxylic acids is 2. The lowest BCUT2D eigenvalue weighted by molar-refractivity contribution is -0.131. The van der Waals surface area contributed by atoms with Gasteiger partial charge in [-0.3, -0.25) is 4.79 Å². The molecule has 3 N–H and O–H groups in total. The maximum Gasteiger partial charge on any atom is 0.318 e. The summed E-state index contributed by atoms with van der Waals surface area (Å²) in [5.74, 6) is 0.00177. The maximum atomic E-state index is 12.9. The number of carbonyl (C=O) groups is 2. The Labute approximate surface area is 167 Å². The second kappa shape index (κ2) is 8.52. The Morgan fingerprint density at radius 2 is 1.82 bits per heavy atom. The first-order chi connectivity index (χ1) is 13.3. The molecule has 1 aliphatic carbocycles. The predicted octanol–water partition coefficient (Wildman–Crippen LogP) is 2.98. The minimum atomic E-state index is -1.09. The zero-order valence-corrected chi connectivity index (χ0v) is 17.1. The Morgan fingerprint density at radius 1 is 1.18 bits per heavy atom. The standard InChI is InChI=1S/C22H33N3O3/c1-15(2)23-21(27)25-14-13-22(3,28)19(18(25)16-9-5-4-6-10-16)24-20(26)17-11-7-8-12-17/h4-6,9-10,15,17-19,28H,7-8,11-14H2,1-3H3,(H,23,27)(H,24,26). The van der Waals surface area contributed by atoms with E-state index in [1.807, 2.05) is 44.2 Å². The van der Waals surface area contributed by atoms with Crippen LogP contribution in [0.25, 0.3) is 0 Å². The number of aliphatic hydroxyl groups is 1. The van der Waals surface area contributed by atoms with Gasteiger partial charge in [-0.05, 0) is 45.6 Å². The number of hydrogen-bond donors (Lipinski definition) is 3. The van der Waals surface area contributed by atoms with Gasteiger partial charge in [0.05, 0.1) is 17.7 Å². The Kier molecular flexibility index (Phi) is 6.28. The van der Waals surface area contributed by atoms with E-state index in [1.165, 1.54) is 0 Å². The minimum absolute atomic E-state index is 0.00479. The van der Waals surface area contributed by atoms with Crippen LogP contribution >= 0.6 is 0 Å². The van der Waals surface area contributed by atoms with Crippen molar-refractivity contribution in [3.8, 4) is 0 Å². The van der Waals surface area contributed by atoms with E-state index in [0.717, 1.165) is 31.2 Å². The number of likely N-dealkylation sites (tertiary alicyclic amines) is 1.